The van der Waals surface area contributed by atoms with Gasteiger partial charge < -0.3 is 5.32 Å². The number of nitrogens with zero attached hydrogens (tertiary/aromatic N) is 2. The number of nitrogens with one attached hydrogen (secondary N) is 1. The van der Waals surface area contributed by atoms with Gasteiger partial charge in [0.15, 0.2) is 5.69 Å². The predicted molar refractivity (Wildman–Crippen MR) is 140 cm³/mol. The topological polar surface area (TPSA) is 46.9 Å². The van der Waals surface area contributed by atoms with Crippen molar-refractivity contribution in [1.29, 1.82) is 0 Å². The molecular weight excluding hydrogens is 418 g/mol. The minimum atomic E-state index is -0.219. The normalized spacial score (nSPS) is 11.1. The van der Waals surface area contributed by atoms with Crippen LogP contribution in [0.4, 0.5) is 5.69 Å². The van der Waals surface area contributed by atoms with Crippen LogP contribution in [0, 0.1) is 27.7 Å². The van der Waals surface area contributed by atoms with Gasteiger partial charge in [-0.1, -0.05) is 78.4 Å². The summed E-state index contributed by atoms with van der Waals surface area (Å²) in [4.78, 5) is 13.4. The summed E-state index contributed by atoms with van der Waals surface area (Å²) in [6.45, 7) is 8.15. The number of anilines is 1. The van der Waals surface area contributed by atoms with Crippen molar-refractivity contribution >= 4 is 22.4 Å². The van der Waals surface area contributed by atoms with E-state index in [0.29, 0.717) is 5.69 Å². The molecule has 0 saturated heterocycles. The zero-order chi connectivity index (χ0) is 23.8. The van der Waals surface area contributed by atoms with Crippen molar-refractivity contribution in [1.82, 2.24) is 9.78 Å². The zero-order valence-electron chi connectivity index (χ0n) is 19.9. The number of carbonyl (C=O) groups excluding carboxylic acids is 1. The molecule has 34 heavy (non-hydrogen) atoms. The van der Waals surface area contributed by atoms with Gasteiger partial charge in [0.2, 0.25) is 0 Å². The molecule has 1 amide bonds. The fourth-order valence-electron chi connectivity index (χ4n) is 4.67. The van der Waals surface area contributed by atoms with Crippen LogP contribution in [-0.2, 0) is 0 Å². The Kier molecular flexibility index (Phi) is 5.50. The van der Waals surface area contributed by atoms with E-state index in [1.165, 1.54) is 5.56 Å². The maximum atomic E-state index is 13.4. The zero-order valence-corrected chi connectivity index (χ0v) is 19.9. The first-order valence-corrected chi connectivity index (χ1v) is 11.5. The molecule has 0 aliphatic carbocycles. The van der Waals surface area contributed by atoms with E-state index < -0.39 is 0 Å². The summed E-state index contributed by atoms with van der Waals surface area (Å²) >= 11 is 0. The molecule has 1 N–H and O–H groups in total. The SMILES string of the molecule is Cc1cc(C)c(NC(=O)c2cc(-c3cccc4ccccc34)n(-c3ccccc3C)n2)c(C)c1. The Morgan fingerprint density at radius 2 is 1.44 bits per heavy atom. The van der Waals surface area contributed by atoms with Gasteiger partial charge in [0, 0.05) is 11.3 Å². The van der Waals surface area contributed by atoms with Crippen LogP contribution in [0.5, 0.6) is 0 Å². The van der Waals surface area contributed by atoms with Crippen LogP contribution in [-0.4, -0.2) is 15.7 Å². The summed E-state index contributed by atoms with van der Waals surface area (Å²) in [6, 6.07) is 28.7. The second-order valence-electron chi connectivity index (χ2n) is 8.87. The third-order valence-corrected chi connectivity index (χ3v) is 6.27. The minimum Gasteiger partial charge on any atom is -0.320 e. The Morgan fingerprint density at radius 1 is 0.765 bits per heavy atom. The van der Waals surface area contributed by atoms with E-state index in [0.717, 1.165) is 50.1 Å². The summed E-state index contributed by atoms with van der Waals surface area (Å²) in [5.41, 5.74) is 8.44. The Balaban J connectivity index is 1.66. The van der Waals surface area contributed by atoms with Gasteiger partial charge in [0.05, 0.1) is 11.4 Å². The number of aromatic nitrogens is 2. The molecule has 168 valence electrons. The predicted octanol–water partition coefficient (Wildman–Crippen LogP) is 7.18. The van der Waals surface area contributed by atoms with Gasteiger partial charge in [-0.15, -0.1) is 0 Å². The molecule has 1 aromatic heterocycles. The van der Waals surface area contributed by atoms with Gasteiger partial charge in [0.1, 0.15) is 0 Å². The Labute approximate surface area is 199 Å². The molecule has 0 bridgehead atoms. The van der Waals surface area contributed by atoms with Gasteiger partial charge in [-0.05, 0) is 67.3 Å². The summed E-state index contributed by atoms with van der Waals surface area (Å²) in [6.07, 6.45) is 0. The lowest BCUT2D eigenvalue weighted by molar-refractivity contribution is 0.102. The third-order valence-electron chi connectivity index (χ3n) is 6.27. The highest BCUT2D eigenvalue weighted by atomic mass is 16.2. The summed E-state index contributed by atoms with van der Waals surface area (Å²) in [7, 11) is 0. The van der Waals surface area contributed by atoms with E-state index in [9.17, 15) is 4.79 Å². The number of rotatable bonds is 4. The molecule has 0 spiro atoms. The molecule has 0 unspecified atom stereocenters. The summed E-state index contributed by atoms with van der Waals surface area (Å²) in [5, 5.41) is 10.2. The van der Waals surface area contributed by atoms with E-state index in [-0.39, 0.29) is 5.91 Å². The number of aryl methyl sites for hydroxylation is 4. The molecule has 0 atom stereocenters. The molecule has 4 nitrogen and oxygen atoms in total. The average molecular weight is 446 g/mol. The lowest BCUT2D eigenvalue weighted by atomic mass is 10.0. The molecule has 0 saturated carbocycles. The number of amides is 1. The largest absolute Gasteiger partial charge is 0.320 e. The lowest BCUT2D eigenvalue weighted by Gasteiger charge is -2.12. The summed E-state index contributed by atoms with van der Waals surface area (Å²) < 4.78 is 1.89. The average Bonchev–Trinajstić information content (AvgIpc) is 3.26. The van der Waals surface area contributed by atoms with Crippen LogP contribution in [0.1, 0.15) is 32.7 Å². The standard InChI is InChI=1S/C30H27N3O/c1-19-16-21(3)29(22(4)17-19)31-30(34)26-18-28(33(32-26)27-15-8-5-10-20(27)2)25-14-9-12-23-11-6-7-13-24(23)25/h5-18H,1-4H3,(H,31,34). The fourth-order valence-corrected chi connectivity index (χ4v) is 4.67. The first-order valence-electron chi connectivity index (χ1n) is 11.5. The van der Waals surface area contributed by atoms with E-state index in [2.05, 4.69) is 61.6 Å². The maximum absolute atomic E-state index is 13.4. The Hall–Kier alpha value is -4.18. The van der Waals surface area contributed by atoms with Gasteiger partial charge in [-0.25, -0.2) is 4.68 Å². The molecule has 4 aromatic carbocycles. The molecule has 0 aliphatic rings. The van der Waals surface area contributed by atoms with E-state index in [1.54, 1.807) is 0 Å². The van der Waals surface area contributed by atoms with Gasteiger partial charge >= 0.3 is 0 Å². The smallest absolute Gasteiger partial charge is 0.276 e. The van der Waals surface area contributed by atoms with Gasteiger partial charge in [-0.3, -0.25) is 4.79 Å². The molecule has 1 heterocycles. The highest BCUT2D eigenvalue weighted by molar-refractivity contribution is 6.05. The van der Waals surface area contributed by atoms with Crippen molar-refractivity contribution in [2.24, 2.45) is 0 Å². The number of para-hydroxylation sites is 1. The van der Waals surface area contributed by atoms with Crippen LogP contribution < -0.4 is 5.32 Å². The number of hydrogen-bond acceptors (Lipinski definition) is 2. The monoisotopic (exact) mass is 445 g/mol. The van der Waals surface area contributed by atoms with Crippen molar-refractivity contribution in [3.05, 3.63) is 113 Å². The van der Waals surface area contributed by atoms with Crippen molar-refractivity contribution in [2.75, 3.05) is 5.32 Å². The Bertz CT molecular complexity index is 1520. The summed E-state index contributed by atoms with van der Waals surface area (Å²) in [5.74, 6) is -0.219. The van der Waals surface area contributed by atoms with Gasteiger partial charge in [-0.2, -0.15) is 5.10 Å². The third kappa shape index (κ3) is 3.88. The van der Waals surface area contributed by atoms with Crippen molar-refractivity contribution in [2.45, 2.75) is 27.7 Å². The van der Waals surface area contributed by atoms with Crippen molar-refractivity contribution in [3.63, 3.8) is 0 Å². The molecule has 0 fully saturated rings. The lowest BCUT2D eigenvalue weighted by Crippen LogP contribution is -2.15. The highest BCUT2D eigenvalue weighted by Crippen LogP contribution is 2.32. The number of hydrogen-bond donors (Lipinski definition) is 1. The van der Waals surface area contributed by atoms with Crippen LogP contribution in [0.3, 0.4) is 0 Å². The molecule has 4 heteroatoms. The Morgan fingerprint density at radius 3 is 2.21 bits per heavy atom. The minimum absolute atomic E-state index is 0.219. The van der Waals surface area contributed by atoms with Crippen LogP contribution in [0.15, 0.2) is 84.9 Å². The maximum Gasteiger partial charge on any atom is 0.276 e. The van der Waals surface area contributed by atoms with Crippen LogP contribution in [0.25, 0.3) is 27.7 Å². The van der Waals surface area contributed by atoms with Crippen molar-refractivity contribution in [3.8, 4) is 16.9 Å². The van der Waals surface area contributed by atoms with E-state index in [4.69, 9.17) is 5.10 Å². The highest BCUT2D eigenvalue weighted by Gasteiger charge is 2.20. The molecule has 0 radical (unpaired) electrons. The second kappa shape index (κ2) is 8.64. The number of benzene rings is 4. The fraction of sp³-hybridized carbons (Fsp3) is 0.133. The first kappa shape index (κ1) is 21.7. The molecular formula is C30H27N3O. The van der Waals surface area contributed by atoms with Crippen LogP contribution in [0.2, 0.25) is 0 Å². The number of carbonyl (C=O) groups is 1. The first-order chi connectivity index (χ1) is 16.4. The second-order valence-corrected chi connectivity index (χ2v) is 8.87. The van der Waals surface area contributed by atoms with Crippen molar-refractivity contribution < 1.29 is 4.79 Å². The quantitative estimate of drug-likeness (QED) is 0.318. The molecule has 0 aliphatic heterocycles. The molecule has 5 rings (SSSR count). The van der Waals surface area contributed by atoms with Gasteiger partial charge in [0.25, 0.3) is 5.91 Å². The van der Waals surface area contributed by atoms with E-state index in [1.807, 2.05) is 61.0 Å². The van der Waals surface area contributed by atoms with Crippen LogP contribution >= 0.6 is 0 Å². The molecule has 5 aromatic rings. The van der Waals surface area contributed by atoms with E-state index >= 15 is 0 Å². The number of fused-ring (bicyclic) bond motifs is 1.